The minimum Gasteiger partial charge on any atom is -0.348 e. The van der Waals surface area contributed by atoms with E-state index in [-0.39, 0.29) is 5.82 Å². The number of nitrogens with one attached hydrogen (secondary N) is 1. The molecule has 0 radical (unpaired) electrons. The van der Waals surface area contributed by atoms with E-state index >= 15 is 0 Å². The molecule has 1 aromatic carbocycles. The Morgan fingerprint density at radius 2 is 2.05 bits per heavy atom. The first-order chi connectivity index (χ1) is 9.06. The lowest BCUT2D eigenvalue weighted by Crippen LogP contribution is -2.37. The van der Waals surface area contributed by atoms with Gasteiger partial charge in [0.05, 0.1) is 0 Å². The van der Waals surface area contributed by atoms with Crippen LogP contribution in [-0.2, 0) is 0 Å². The molecule has 0 aromatic heterocycles. The lowest BCUT2D eigenvalue weighted by Gasteiger charge is -2.24. The van der Waals surface area contributed by atoms with E-state index in [2.05, 4.69) is 22.2 Å². The first-order valence-corrected chi connectivity index (χ1v) is 6.98. The molecular weight excluding hydrogens is 261 g/mol. The maximum absolute atomic E-state index is 13.5. The van der Waals surface area contributed by atoms with Crippen LogP contribution in [-0.4, -0.2) is 48.1 Å². The smallest absolute Gasteiger partial charge is 0.173 e. The van der Waals surface area contributed by atoms with Crippen LogP contribution in [0.1, 0.15) is 12.0 Å². The number of anilines is 1. The number of benzene rings is 1. The van der Waals surface area contributed by atoms with E-state index < -0.39 is 0 Å². The number of rotatable bonds is 1. The van der Waals surface area contributed by atoms with Gasteiger partial charge in [-0.05, 0) is 56.9 Å². The zero-order chi connectivity index (χ0) is 13.8. The monoisotopic (exact) mass is 281 g/mol. The second-order valence-electron chi connectivity index (χ2n) is 5.04. The summed E-state index contributed by atoms with van der Waals surface area (Å²) in [7, 11) is 2.12. The summed E-state index contributed by atoms with van der Waals surface area (Å²) in [5, 5.41) is 3.80. The molecule has 104 valence electrons. The van der Waals surface area contributed by atoms with Gasteiger partial charge in [0.25, 0.3) is 0 Å². The van der Waals surface area contributed by atoms with Crippen LogP contribution in [0.4, 0.5) is 10.1 Å². The molecule has 1 aliphatic heterocycles. The average molecular weight is 281 g/mol. The van der Waals surface area contributed by atoms with E-state index in [0.29, 0.717) is 16.4 Å². The van der Waals surface area contributed by atoms with Gasteiger partial charge in [0, 0.05) is 25.3 Å². The standard InChI is InChI=1S/C14H20FN3S/c1-11-4-5-12(10-13(11)15)16-14(19)18-7-3-6-17(2)8-9-18/h4-5,10H,3,6-9H2,1-2H3,(H,16,19). The summed E-state index contributed by atoms with van der Waals surface area (Å²) in [4.78, 5) is 4.45. The molecule has 1 heterocycles. The lowest BCUT2D eigenvalue weighted by molar-refractivity contribution is 0.347. The van der Waals surface area contributed by atoms with Gasteiger partial charge in [0.15, 0.2) is 5.11 Å². The summed E-state index contributed by atoms with van der Waals surface area (Å²) < 4.78 is 13.5. The first kappa shape index (κ1) is 14.2. The molecule has 0 amide bonds. The van der Waals surface area contributed by atoms with Gasteiger partial charge in [-0.2, -0.15) is 0 Å². The van der Waals surface area contributed by atoms with Crippen molar-refractivity contribution in [1.82, 2.24) is 9.80 Å². The van der Waals surface area contributed by atoms with Crippen LogP contribution in [0.15, 0.2) is 18.2 Å². The molecule has 0 atom stereocenters. The van der Waals surface area contributed by atoms with Crippen molar-refractivity contribution >= 4 is 23.0 Å². The molecule has 0 bridgehead atoms. The minimum atomic E-state index is -0.205. The second kappa shape index (κ2) is 6.30. The first-order valence-electron chi connectivity index (χ1n) is 6.57. The number of hydrogen-bond donors (Lipinski definition) is 1. The molecule has 0 spiro atoms. The number of aryl methyl sites for hydroxylation is 1. The van der Waals surface area contributed by atoms with Crippen LogP contribution in [0.2, 0.25) is 0 Å². The third-order valence-electron chi connectivity index (χ3n) is 3.43. The van der Waals surface area contributed by atoms with Crippen molar-refractivity contribution < 1.29 is 4.39 Å². The van der Waals surface area contributed by atoms with E-state index in [4.69, 9.17) is 12.2 Å². The predicted molar refractivity (Wildman–Crippen MR) is 81.0 cm³/mol. The number of nitrogens with zero attached hydrogens (tertiary/aromatic N) is 2. The molecule has 1 aromatic rings. The Kier molecular flexibility index (Phi) is 4.71. The fourth-order valence-corrected chi connectivity index (χ4v) is 2.42. The molecule has 5 heteroatoms. The summed E-state index contributed by atoms with van der Waals surface area (Å²) in [6, 6.07) is 5.11. The Hall–Kier alpha value is -1.20. The highest BCUT2D eigenvalue weighted by atomic mass is 32.1. The molecule has 1 aliphatic rings. The van der Waals surface area contributed by atoms with Crippen LogP contribution in [0.25, 0.3) is 0 Å². The van der Waals surface area contributed by atoms with Gasteiger partial charge in [-0.1, -0.05) is 6.07 Å². The summed E-state index contributed by atoms with van der Waals surface area (Å²) in [5.41, 5.74) is 1.36. The highest BCUT2D eigenvalue weighted by Gasteiger charge is 2.14. The van der Waals surface area contributed by atoms with E-state index in [1.807, 2.05) is 6.07 Å². The van der Waals surface area contributed by atoms with E-state index in [1.165, 1.54) is 6.07 Å². The van der Waals surface area contributed by atoms with Gasteiger partial charge < -0.3 is 15.1 Å². The normalized spacial score (nSPS) is 17.1. The lowest BCUT2D eigenvalue weighted by atomic mass is 10.2. The van der Waals surface area contributed by atoms with Crippen LogP contribution < -0.4 is 5.32 Å². The van der Waals surface area contributed by atoms with Crippen LogP contribution in [0, 0.1) is 12.7 Å². The van der Waals surface area contributed by atoms with Crippen molar-refractivity contribution in [3.8, 4) is 0 Å². The molecule has 1 N–H and O–H groups in total. The van der Waals surface area contributed by atoms with E-state index in [0.717, 1.165) is 32.6 Å². The molecule has 1 saturated heterocycles. The molecule has 0 saturated carbocycles. The largest absolute Gasteiger partial charge is 0.348 e. The SMILES string of the molecule is Cc1ccc(NC(=S)N2CCCN(C)CC2)cc1F. The molecular formula is C14H20FN3S. The highest BCUT2D eigenvalue weighted by Crippen LogP contribution is 2.14. The zero-order valence-electron chi connectivity index (χ0n) is 11.4. The topological polar surface area (TPSA) is 18.5 Å². The van der Waals surface area contributed by atoms with Crippen molar-refractivity contribution in [2.75, 3.05) is 38.5 Å². The summed E-state index contributed by atoms with van der Waals surface area (Å²) in [6.45, 7) is 5.71. The number of hydrogen-bond acceptors (Lipinski definition) is 2. The molecule has 0 aliphatic carbocycles. The Balaban J connectivity index is 1.98. The van der Waals surface area contributed by atoms with Crippen LogP contribution in [0.5, 0.6) is 0 Å². The molecule has 0 unspecified atom stereocenters. The van der Waals surface area contributed by atoms with Gasteiger partial charge in [0.1, 0.15) is 5.82 Å². The van der Waals surface area contributed by atoms with Crippen molar-refractivity contribution in [1.29, 1.82) is 0 Å². The molecule has 1 fully saturated rings. The summed E-state index contributed by atoms with van der Waals surface area (Å²) in [6.07, 6.45) is 1.10. The third-order valence-corrected chi connectivity index (χ3v) is 3.79. The summed E-state index contributed by atoms with van der Waals surface area (Å²) in [5.74, 6) is -0.205. The molecule has 3 nitrogen and oxygen atoms in total. The van der Waals surface area contributed by atoms with Gasteiger partial charge in [-0.3, -0.25) is 0 Å². The Morgan fingerprint density at radius 3 is 2.79 bits per heavy atom. The van der Waals surface area contributed by atoms with Gasteiger partial charge in [0.2, 0.25) is 0 Å². The van der Waals surface area contributed by atoms with Gasteiger partial charge in [-0.15, -0.1) is 0 Å². The Bertz CT molecular complexity index is 464. The average Bonchev–Trinajstić information content (AvgIpc) is 2.59. The fraction of sp³-hybridized carbons (Fsp3) is 0.500. The van der Waals surface area contributed by atoms with Crippen molar-refractivity contribution in [3.63, 3.8) is 0 Å². The minimum absolute atomic E-state index is 0.205. The predicted octanol–water partition coefficient (Wildman–Crippen LogP) is 2.47. The maximum atomic E-state index is 13.5. The van der Waals surface area contributed by atoms with Crippen LogP contribution in [0.3, 0.4) is 0 Å². The summed E-state index contributed by atoms with van der Waals surface area (Å²) >= 11 is 5.40. The van der Waals surface area contributed by atoms with E-state index in [9.17, 15) is 4.39 Å². The fourth-order valence-electron chi connectivity index (χ4n) is 2.12. The number of halogens is 1. The van der Waals surface area contributed by atoms with Crippen molar-refractivity contribution in [2.24, 2.45) is 0 Å². The second-order valence-corrected chi connectivity index (χ2v) is 5.42. The van der Waals surface area contributed by atoms with Crippen molar-refractivity contribution in [2.45, 2.75) is 13.3 Å². The Labute approximate surface area is 119 Å². The quantitative estimate of drug-likeness (QED) is 0.797. The van der Waals surface area contributed by atoms with Gasteiger partial charge >= 0.3 is 0 Å². The van der Waals surface area contributed by atoms with Crippen LogP contribution >= 0.6 is 12.2 Å². The third kappa shape index (κ3) is 3.88. The van der Waals surface area contributed by atoms with Crippen molar-refractivity contribution in [3.05, 3.63) is 29.6 Å². The Morgan fingerprint density at radius 1 is 1.26 bits per heavy atom. The highest BCUT2D eigenvalue weighted by molar-refractivity contribution is 7.80. The molecule has 19 heavy (non-hydrogen) atoms. The zero-order valence-corrected chi connectivity index (χ0v) is 12.3. The number of thiocarbonyl (C=S) groups is 1. The molecule has 2 rings (SSSR count). The number of likely N-dealkylation sites (N-methyl/N-ethyl adjacent to an activating group) is 1. The van der Waals surface area contributed by atoms with E-state index in [1.54, 1.807) is 13.0 Å². The van der Waals surface area contributed by atoms with Gasteiger partial charge in [-0.25, -0.2) is 4.39 Å². The maximum Gasteiger partial charge on any atom is 0.173 e.